The Labute approximate surface area is 200 Å². The molecule has 0 spiro atoms. The van der Waals surface area contributed by atoms with Gasteiger partial charge in [-0.05, 0) is 77.3 Å². The van der Waals surface area contributed by atoms with E-state index in [1.54, 1.807) is 0 Å². The van der Waals surface area contributed by atoms with Crippen molar-refractivity contribution in [1.29, 1.82) is 0 Å². The lowest BCUT2D eigenvalue weighted by Gasteiger charge is -2.30. The molecule has 3 heterocycles. The average molecular weight is 532 g/mol. The topological polar surface area (TPSA) is 56.9 Å². The first-order valence-corrected chi connectivity index (χ1v) is 11.6. The zero-order valence-electron chi connectivity index (χ0n) is 19.6. The van der Waals surface area contributed by atoms with E-state index in [4.69, 9.17) is 9.41 Å². The first-order chi connectivity index (χ1) is 13.9. The molecule has 3 rings (SSSR count). The van der Waals surface area contributed by atoms with Gasteiger partial charge in [0.2, 0.25) is 5.89 Å². The van der Waals surface area contributed by atoms with Crippen molar-refractivity contribution in [3.05, 3.63) is 17.3 Å². The minimum atomic E-state index is 0. The van der Waals surface area contributed by atoms with E-state index >= 15 is 0 Å². The average Bonchev–Trinajstić information content (AvgIpc) is 3.25. The van der Waals surface area contributed by atoms with Gasteiger partial charge in [-0.2, -0.15) is 0 Å². The molecule has 0 amide bonds. The lowest BCUT2D eigenvalue weighted by molar-refractivity contribution is 0.166. The van der Waals surface area contributed by atoms with Crippen LogP contribution in [0.5, 0.6) is 0 Å². The maximum atomic E-state index is 5.75. The summed E-state index contributed by atoms with van der Waals surface area (Å²) in [6.07, 6.45) is 5.05. The third-order valence-electron chi connectivity index (χ3n) is 6.36. The second-order valence-corrected chi connectivity index (χ2v) is 9.39. The number of halogens is 1. The smallest absolute Gasteiger partial charge is 0.208 e. The Hall–Kier alpha value is -0.830. The minimum Gasteiger partial charge on any atom is -0.444 e. The number of hydrogen-bond donors (Lipinski definition) is 1. The molecule has 1 N–H and O–H groups in total. The van der Waals surface area contributed by atoms with E-state index in [0.29, 0.717) is 5.92 Å². The molecule has 1 atom stereocenters. The monoisotopic (exact) mass is 531 g/mol. The van der Waals surface area contributed by atoms with Crippen molar-refractivity contribution in [2.75, 3.05) is 39.3 Å². The molecule has 0 radical (unpaired) electrons. The standard InChI is InChI=1S/C23H41N5O.HI/c1-6-24-23(28-12-9-21(15-28)13-17(2)3)25-14-20-7-10-27(11-8-20)16-22-26-18(4)19(5)29-22;/h17,20-21H,6-16H2,1-5H3,(H,24,25);1H. The maximum absolute atomic E-state index is 5.75. The zero-order chi connectivity index (χ0) is 20.8. The molecule has 0 saturated carbocycles. The van der Waals surface area contributed by atoms with Crippen LogP contribution in [-0.2, 0) is 6.54 Å². The lowest BCUT2D eigenvalue weighted by atomic mass is 9.97. The molecule has 2 saturated heterocycles. The van der Waals surface area contributed by atoms with Gasteiger partial charge in [-0.1, -0.05) is 13.8 Å². The number of guanidine groups is 1. The number of aryl methyl sites for hydroxylation is 2. The Morgan fingerprint density at radius 3 is 2.47 bits per heavy atom. The highest BCUT2D eigenvalue weighted by Crippen LogP contribution is 2.24. The molecule has 1 unspecified atom stereocenters. The number of hydrogen-bond acceptors (Lipinski definition) is 4. The molecule has 1 aromatic rings. The van der Waals surface area contributed by atoms with Gasteiger partial charge in [-0.25, -0.2) is 4.98 Å². The number of nitrogens with zero attached hydrogens (tertiary/aromatic N) is 4. The van der Waals surface area contributed by atoms with Crippen LogP contribution >= 0.6 is 24.0 Å². The Kier molecular flexibility index (Phi) is 10.4. The van der Waals surface area contributed by atoms with Gasteiger partial charge >= 0.3 is 0 Å². The summed E-state index contributed by atoms with van der Waals surface area (Å²) in [6, 6.07) is 0. The maximum Gasteiger partial charge on any atom is 0.208 e. The minimum absolute atomic E-state index is 0. The van der Waals surface area contributed by atoms with Crippen molar-refractivity contribution in [3.8, 4) is 0 Å². The van der Waals surface area contributed by atoms with Crippen LogP contribution in [0.15, 0.2) is 9.41 Å². The van der Waals surface area contributed by atoms with E-state index in [-0.39, 0.29) is 24.0 Å². The first-order valence-electron chi connectivity index (χ1n) is 11.6. The second-order valence-electron chi connectivity index (χ2n) is 9.39. The van der Waals surface area contributed by atoms with Crippen LogP contribution in [0.4, 0.5) is 0 Å². The van der Waals surface area contributed by atoms with Crippen molar-refractivity contribution in [2.45, 2.75) is 66.8 Å². The quantitative estimate of drug-likeness (QED) is 0.320. The Morgan fingerprint density at radius 1 is 1.17 bits per heavy atom. The summed E-state index contributed by atoms with van der Waals surface area (Å²) in [5.74, 6) is 5.22. The van der Waals surface area contributed by atoms with E-state index in [9.17, 15) is 0 Å². The van der Waals surface area contributed by atoms with Crippen LogP contribution in [0.3, 0.4) is 0 Å². The fourth-order valence-electron chi connectivity index (χ4n) is 4.65. The fraction of sp³-hybridized carbons (Fsp3) is 0.826. The van der Waals surface area contributed by atoms with E-state index in [1.165, 1.54) is 25.7 Å². The molecule has 0 aromatic carbocycles. The van der Waals surface area contributed by atoms with Crippen molar-refractivity contribution < 1.29 is 4.42 Å². The van der Waals surface area contributed by atoms with Crippen molar-refractivity contribution >= 4 is 29.9 Å². The Bertz CT molecular complexity index is 647. The predicted octanol–water partition coefficient (Wildman–Crippen LogP) is 4.45. The van der Waals surface area contributed by atoms with E-state index in [0.717, 1.165) is 81.0 Å². The summed E-state index contributed by atoms with van der Waals surface area (Å²) in [7, 11) is 0. The number of nitrogens with one attached hydrogen (secondary N) is 1. The van der Waals surface area contributed by atoms with E-state index in [2.05, 4.69) is 40.9 Å². The summed E-state index contributed by atoms with van der Waals surface area (Å²) in [4.78, 5) is 14.5. The third kappa shape index (κ3) is 7.39. The molecule has 172 valence electrons. The number of rotatable bonds is 7. The molecule has 0 aliphatic carbocycles. The molecule has 2 aliphatic heterocycles. The summed E-state index contributed by atoms with van der Waals surface area (Å²) in [6.45, 7) is 18.1. The first kappa shape index (κ1) is 25.4. The van der Waals surface area contributed by atoms with Gasteiger partial charge in [0.1, 0.15) is 5.76 Å². The van der Waals surface area contributed by atoms with Crippen molar-refractivity contribution in [1.82, 2.24) is 20.1 Å². The van der Waals surface area contributed by atoms with Crippen molar-refractivity contribution in [2.24, 2.45) is 22.7 Å². The number of aliphatic imine (C=N–C) groups is 1. The predicted molar refractivity (Wildman–Crippen MR) is 135 cm³/mol. The Morgan fingerprint density at radius 2 is 1.87 bits per heavy atom. The SMILES string of the molecule is CCNC(=NCC1CCN(Cc2nc(C)c(C)o2)CC1)N1CCC(CC(C)C)C1.I. The highest BCUT2D eigenvalue weighted by Gasteiger charge is 2.26. The third-order valence-corrected chi connectivity index (χ3v) is 6.36. The van der Waals surface area contributed by atoms with Crippen LogP contribution < -0.4 is 5.32 Å². The van der Waals surface area contributed by atoms with Gasteiger partial charge in [0.25, 0.3) is 0 Å². The largest absolute Gasteiger partial charge is 0.444 e. The summed E-state index contributed by atoms with van der Waals surface area (Å²) < 4.78 is 5.75. The van der Waals surface area contributed by atoms with Gasteiger partial charge in [-0.3, -0.25) is 9.89 Å². The normalized spacial score (nSPS) is 21.3. The fourth-order valence-corrected chi connectivity index (χ4v) is 4.65. The number of piperidine rings is 1. The highest BCUT2D eigenvalue weighted by atomic mass is 127. The second kappa shape index (κ2) is 12.3. The van der Waals surface area contributed by atoms with Gasteiger partial charge in [0.05, 0.1) is 12.2 Å². The summed E-state index contributed by atoms with van der Waals surface area (Å²) in [5, 5.41) is 3.53. The molecule has 1 aromatic heterocycles. The molecular formula is C23H42IN5O. The molecule has 6 nitrogen and oxygen atoms in total. The molecule has 2 aliphatic rings. The van der Waals surface area contributed by atoms with Crippen LogP contribution in [0.1, 0.15) is 63.8 Å². The van der Waals surface area contributed by atoms with Gasteiger partial charge in [0.15, 0.2) is 5.96 Å². The molecule has 30 heavy (non-hydrogen) atoms. The lowest BCUT2D eigenvalue weighted by Crippen LogP contribution is -2.41. The van der Waals surface area contributed by atoms with Crippen molar-refractivity contribution in [3.63, 3.8) is 0 Å². The summed E-state index contributed by atoms with van der Waals surface area (Å²) >= 11 is 0. The van der Waals surface area contributed by atoms with E-state index in [1.807, 2.05) is 13.8 Å². The molecular weight excluding hydrogens is 489 g/mol. The van der Waals surface area contributed by atoms with Crippen LogP contribution in [0, 0.1) is 31.6 Å². The molecule has 2 fully saturated rings. The number of aromatic nitrogens is 1. The number of likely N-dealkylation sites (tertiary alicyclic amines) is 2. The van der Waals surface area contributed by atoms with Crippen LogP contribution in [-0.4, -0.2) is 60.0 Å². The highest BCUT2D eigenvalue weighted by molar-refractivity contribution is 14.0. The van der Waals surface area contributed by atoms with Gasteiger partial charge in [0, 0.05) is 26.2 Å². The molecule has 7 heteroatoms. The zero-order valence-corrected chi connectivity index (χ0v) is 21.9. The van der Waals surface area contributed by atoms with Crippen LogP contribution in [0.2, 0.25) is 0 Å². The number of oxazole rings is 1. The van der Waals surface area contributed by atoms with E-state index < -0.39 is 0 Å². The van der Waals surface area contributed by atoms with Gasteiger partial charge in [-0.15, -0.1) is 24.0 Å². The molecule has 0 bridgehead atoms. The Balaban J connectivity index is 0.00000320. The van der Waals surface area contributed by atoms with Gasteiger partial charge < -0.3 is 14.6 Å². The summed E-state index contributed by atoms with van der Waals surface area (Å²) in [5.41, 5.74) is 1.01. The van der Waals surface area contributed by atoms with Crippen LogP contribution in [0.25, 0.3) is 0 Å².